The van der Waals surface area contributed by atoms with Gasteiger partial charge in [0.15, 0.2) is 0 Å². The molecule has 0 saturated heterocycles. The zero-order valence-corrected chi connectivity index (χ0v) is 9.79. The van der Waals surface area contributed by atoms with Crippen LogP contribution in [0.3, 0.4) is 0 Å². The molecule has 90 valence electrons. The molecule has 17 heavy (non-hydrogen) atoms. The van der Waals surface area contributed by atoms with Gasteiger partial charge in [0.2, 0.25) is 0 Å². The topological polar surface area (TPSA) is 72.9 Å². The Kier molecular flexibility index (Phi) is 2.95. The minimum absolute atomic E-state index is 0.214. The fourth-order valence-corrected chi connectivity index (χ4v) is 1.68. The lowest BCUT2D eigenvalue weighted by Gasteiger charge is -1.95. The zero-order chi connectivity index (χ0) is 12.4. The van der Waals surface area contributed by atoms with Gasteiger partial charge in [-0.25, -0.2) is 4.79 Å². The molecule has 0 amide bonds. The van der Waals surface area contributed by atoms with Crippen molar-refractivity contribution < 1.29 is 9.90 Å². The van der Waals surface area contributed by atoms with Gasteiger partial charge < -0.3 is 5.11 Å². The summed E-state index contributed by atoms with van der Waals surface area (Å²) in [6, 6.07) is 0. The number of carboxylic acids is 1. The van der Waals surface area contributed by atoms with Crippen LogP contribution in [0.2, 0.25) is 0 Å². The number of carboxylic acid groups (broad SMARTS) is 1. The molecule has 0 fully saturated rings. The molecular formula is C11H14N4O2. The molecular weight excluding hydrogens is 220 g/mol. The highest BCUT2D eigenvalue weighted by molar-refractivity contribution is 5.94. The van der Waals surface area contributed by atoms with Crippen molar-refractivity contribution in [2.75, 3.05) is 0 Å². The second-order valence-electron chi connectivity index (χ2n) is 3.86. The van der Waals surface area contributed by atoms with E-state index < -0.39 is 5.97 Å². The number of hydrogen-bond donors (Lipinski definition) is 1. The summed E-state index contributed by atoms with van der Waals surface area (Å²) < 4.78 is 3.28. The van der Waals surface area contributed by atoms with Crippen molar-refractivity contribution in [2.45, 2.75) is 19.9 Å². The number of hydrogen-bond acceptors (Lipinski definition) is 3. The molecule has 0 bridgehead atoms. The molecule has 0 atom stereocenters. The monoisotopic (exact) mass is 234 g/mol. The molecule has 0 spiro atoms. The molecule has 2 aromatic heterocycles. The summed E-state index contributed by atoms with van der Waals surface area (Å²) in [7, 11) is 1.78. The Morgan fingerprint density at radius 3 is 2.76 bits per heavy atom. The van der Waals surface area contributed by atoms with Gasteiger partial charge in [0.1, 0.15) is 11.3 Å². The van der Waals surface area contributed by atoms with Crippen LogP contribution in [0.1, 0.15) is 23.7 Å². The number of nitrogens with zero attached hydrogens (tertiary/aromatic N) is 4. The van der Waals surface area contributed by atoms with Gasteiger partial charge in [-0.15, -0.1) is 0 Å². The van der Waals surface area contributed by atoms with E-state index >= 15 is 0 Å². The summed E-state index contributed by atoms with van der Waals surface area (Å²) >= 11 is 0. The summed E-state index contributed by atoms with van der Waals surface area (Å²) in [4.78, 5) is 11.1. The molecule has 6 nitrogen and oxygen atoms in total. The smallest absolute Gasteiger partial charge is 0.339 e. The van der Waals surface area contributed by atoms with E-state index in [0.29, 0.717) is 12.2 Å². The number of rotatable bonds is 4. The van der Waals surface area contributed by atoms with Crippen molar-refractivity contribution in [1.82, 2.24) is 19.6 Å². The van der Waals surface area contributed by atoms with Gasteiger partial charge in [-0.05, 0) is 6.42 Å². The molecule has 2 aromatic rings. The van der Waals surface area contributed by atoms with Gasteiger partial charge >= 0.3 is 5.97 Å². The van der Waals surface area contributed by atoms with E-state index in [1.165, 1.54) is 0 Å². The molecule has 0 aromatic carbocycles. The number of aryl methyl sites for hydroxylation is 2. The third-order valence-corrected chi connectivity index (χ3v) is 2.42. The Labute approximate surface area is 98.5 Å². The number of aromatic nitrogens is 4. The maximum absolute atomic E-state index is 11.1. The fraction of sp³-hybridized carbons (Fsp3) is 0.364. The third-order valence-electron chi connectivity index (χ3n) is 2.42. The Balaban J connectivity index is 2.47. The molecule has 0 aliphatic heterocycles. The van der Waals surface area contributed by atoms with Crippen LogP contribution < -0.4 is 0 Å². The van der Waals surface area contributed by atoms with Crippen LogP contribution in [0.15, 0.2) is 18.6 Å². The van der Waals surface area contributed by atoms with Crippen LogP contribution in [0, 0.1) is 0 Å². The van der Waals surface area contributed by atoms with Crippen LogP contribution in [0.5, 0.6) is 0 Å². The first-order chi connectivity index (χ1) is 8.11. The first-order valence-corrected chi connectivity index (χ1v) is 5.41. The number of aromatic carboxylic acids is 1. The number of carbonyl (C=O) groups is 1. The van der Waals surface area contributed by atoms with Gasteiger partial charge in [0, 0.05) is 31.5 Å². The normalized spacial score (nSPS) is 10.7. The first kappa shape index (κ1) is 11.4. The molecule has 0 saturated carbocycles. The highest BCUT2D eigenvalue weighted by atomic mass is 16.4. The standard InChI is InChI=1S/C11H14N4O2/c1-3-4-15-7-9(11(16)17)10(13-15)8-5-12-14(2)6-8/h5-7H,3-4H2,1-2H3,(H,16,17). The largest absolute Gasteiger partial charge is 0.478 e. The van der Waals surface area contributed by atoms with Crippen LogP contribution in [0.25, 0.3) is 11.3 Å². The SMILES string of the molecule is CCCn1cc(C(=O)O)c(-c2cnn(C)c2)n1. The van der Waals surface area contributed by atoms with E-state index in [-0.39, 0.29) is 5.56 Å². The predicted molar refractivity (Wildman–Crippen MR) is 61.7 cm³/mol. The maximum Gasteiger partial charge on any atom is 0.339 e. The molecule has 0 unspecified atom stereocenters. The summed E-state index contributed by atoms with van der Waals surface area (Å²) in [6.07, 6.45) is 5.84. The summed E-state index contributed by atoms with van der Waals surface area (Å²) in [6.45, 7) is 2.73. The molecule has 0 aliphatic carbocycles. The lowest BCUT2D eigenvalue weighted by Crippen LogP contribution is -1.97. The molecule has 0 aliphatic rings. The first-order valence-electron chi connectivity index (χ1n) is 5.41. The quantitative estimate of drug-likeness (QED) is 0.867. The van der Waals surface area contributed by atoms with Crippen molar-refractivity contribution in [2.24, 2.45) is 7.05 Å². The van der Waals surface area contributed by atoms with E-state index in [1.54, 1.807) is 35.0 Å². The van der Waals surface area contributed by atoms with Gasteiger partial charge in [-0.1, -0.05) is 6.92 Å². The predicted octanol–water partition coefficient (Wildman–Crippen LogP) is 1.39. The van der Waals surface area contributed by atoms with Crippen molar-refractivity contribution in [1.29, 1.82) is 0 Å². The van der Waals surface area contributed by atoms with Crippen molar-refractivity contribution in [3.63, 3.8) is 0 Å². The molecule has 0 radical (unpaired) electrons. The average molecular weight is 234 g/mol. The Morgan fingerprint density at radius 2 is 2.24 bits per heavy atom. The van der Waals surface area contributed by atoms with Gasteiger partial charge in [0.25, 0.3) is 0 Å². The highest BCUT2D eigenvalue weighted by Crippen LogP contribution is 2.21. The molecule has 2 heterocycles. The lowest BCUT2D eigenvalue weighted by atomic mass is 10.1. The second-order valence-corrected chi connectivity index (χ2v) is 3.86. The lowest BCUT2D eigenvalue weighted by molar-refractivity contribution is 0.0697. The average Bonchev–Trinajstić information content (AvgIpc) is 2.84. The van der Waals surface area contributed by atoms with Crippen LogP contribution in [0.4, 0.5) is 0 Å². The summed E-state index contributed by atoms with van der Waals surface area (Å²) in [5.74, 6) is -0.966. The molecule has 6 heteroatoms. The van der Waals surface area contributed by atoms with Gasteiger partial charge in [-0.2, -0.15) is 10.2 Å². The summed E-state index contributed by atoms with van der Waals surface area (Å²) in [5, 5.41) is 17.4. The van der Waals surface area contributed by atoms with E-state index in [9.17, 15) is 4.79 Å². The van der Waals surface area contributed by atoms with Crippen molar-refractivity contribution in [3.8, 4) is 11.3 Å². The second kappa shape index (κ2) is 4.40. The van der Waals surface area contributed by atoms with Crippen LogP contribution in [-0.4, -0.2) is 30.6 Å². The van der Waals surface area contributed by atoms with E-state index in [0.717, 1.165) is 12.0 Å². The van der Waals surface area contributed by atoms with E-state index in [4.69, 9.17) is 5.11 Å². The Morgan fingerprint density at radius 1 is 1.47 bits per heavy atom. The zero-order valence-electron chi connectivity index (χ0n) is 9.79. The Bertz CT molecular complexity index is 541. The van der Waals surface area contributed by atoms with Crippen molar-refractivity contribution in [3.05, 3.63) is 24.2 Å². The molecule has 2 rings (SSSR count). The van der Waals surface area contributed by atoms with Crippen LogP contribution >= 0.6 is 0 Å². The minimum atomic E-state index is -0.966. The third kappa shape index (κ3) is 2.20. The maximum atomic E-state index is 11.1. The fourth-order valence-electron chi connectivity index (χ4n) is 1.68. The molecule has 1 N–H and O–H groups in total. The summed E-state index contributed by atoms with van der Waals surface area (Å²) in [5.41, 5.74) is 1.41. The van der Waals surface area contributed by atoms with E-state index in [1.807, 2.05) is 6.92 Å². The van der Waals surface area contributed by atoms with Gasteiger partial charge in [-0.3, -0.25) is 9.36 Å². The van der Waals surface area contributed by atoms with Gasteiger partial charge in [0.05, 0.1) is 6.20 Å². The minimum Gasteiger partial charge on any atom is -0.478 e. The highest BCUT2D eigenvalue weighted by Gasteiger charge is 2.17. The van der Waals surface area contributed by atoms with E-state index in [2.05, 4.69) is 10.2 Å². The Hall–Kier alpha value is -2.11. The van der Waals surface area contributed by atoms with Crippen LogP contribution in [-0.2, 0) is 13.6 Å². The van der Waals surface area contributed by atoms with Crippen molar-refractivity contribution >= 4 is 5.97 Å².